The Kier molecular flexibility index (Phi) is 3.79. The van der Waals surface area contributed by atoms with Gasteiger partial charge in [0.05, 0.1) is 12.0 Å². The number of hydrogen-bond donors (Lipinski definition) is 1. The van der Waals surface area contributed by atoms with Crippen LogP contribution in [0.1, 0.15) is 16.1 Å². The van der Waals surface area contributed by atoms with Gasteiger partial charge in [-0.1, -0.05) is 0 Å². The van der Waals surface area contributed by atoms with Crippen molar-refractivity contribution in [2.24, 2.45) is 0 Å². The van der Waals surface area contributed by atoms with E-state index >= 15 is 0 Å². The van der Waals surface area contributed by atoms with Gasteiger partial charge in [0.2, 0.25) is 0 Å². The lowest BCUT2D eigenvalue weighted by Crippen LogP contribution is -2.33. The molecule has 0 radical (unpaired) electrons. The summed E-state index contributed by atoms with van der Waals surface area (Å²) in [6.45, 7) is 3.51. The van der Waals surface area contributed by atoms with Crippen molar-refractivity contribution in [3.8, 4) is 5.75 Å². The molecule has 0 aromatic carbocycles. The van der Waals surface area contributed by atoms with Crippen LogP contribution in [0, 0.1) is 0 Å². The van der Waals surface area contributed by atoms with Crippen LogP contribution in [-0.2, 0) is 0 Å². The molecule has 0 aliphatic carbocycles. The van der Waals surface area contributed by atoms with E-state index in [1.807, 2.05) is 16.3 Å². The van der Waals surface area contributed by atoms with E-state index in [0.29, 0.717) is 0 Å². The minimum atomic E-state index is 0.122. The summed E-state index contributed by atoms with van der Waals surface area (Å²) in [7, 11) is 1.62. The third-order valence-electron chi connectivity index (χ3n) is 2.65. The maximum Gasteiger partial charge on any atom is 0.264 e. The van der Waals surface area contributed by atoms with Gasteiger partial charge >= 0.3 is 0 Å². The summed E-state index contributed by atoms with van der Waals surface area (Å²) in [5.74, 6) is 0.887. The molecule has 0 bridgehead atoms. The number of nitrogens with one attached hydrogen (secondary N) is 1. The number of hydrogen-bond acceptors (Lipinski definition) is 4. The molecule has 0 atom stereocenters. The third-order valence-corrected chi connectivity index (χ3v) is 3.55. The van der Waals surface area contributed by atoms with Crippen molar-refractivity contribution < 1.29 is 9.53 Å². The first kappa shape index (κ1) is 11.4. The van der Waals surface area contributed by atoms with Gasteiger partial charge in [0.1, 0.15) is 5.75 Å². The van der Waals surface area contributed by atoms with E-state index in [0.717, 1.165) is 43.2 Å². The Morgan fingerprint density at radius 1 is 1.50 bits per heavy atom. The Labute approximate surface area is 99.2 Å². The Morgan fingerprint density at radius 3 is 3.12 bits per heavy atom. The van der Waals surface area contributed by atoms with Gasteiger partial charge in [-0.3, -0.25) is 4.79 Å². The first-order valence-electron chi connectivity index (χ1n) is 5.44. The number of carbonyl (C=O) groups excluding carboxylic acids is 1. The standard InChI is InChI=1S/C11H16N2O2S/c1-15-9-7-10(16-8-9)11(14)13-5-2-3-12-4-6-13/h7-8,12H,2-6H2,1H3. The average molecular weight is 240 g/mol. The van der Waals surface area contributed by atoms with Crippen molar-refractivity contribution in [1.29, 1.82) is 0 Å². The van der Waals surface area contributed by atoms with Gasteiger partial charge in [0.25, 0.3) is 5.91 Å². The molecule has 1 aliphatic rings. The van der Waals surface area contributed by atoms with E-state index in [-0.39, 0.29) is 5.91 Å². The maximum absolute atomic E-state index is 12.1. The smallest absolute Gasteiger partial charge is 0.264 e. The molecule has 16 heavy (non-hydrogen) atoms. The van der Waals surface area contributed by atoms with Crippen molar-refractivity contribution in [3.63, 3.8) is 0 Å². The molecule has 0 saturated carbocycles. The van der Waals surface area contributed by atoms with Crippen molar-refractivity contribution >= 4 is 17.2 Å². The van der Waals surface area contributed by atoms with Crippen molar-refractivity contribution in [3.05, 3.63) is 16.3 Å². The second-order valence-corrected chi connectivity index (χ2v) is 4.66. The SMILES string of the molecule is COc1csc(C(=O)N2CCCNCC2)c1. The Morgan fingerprint density at radius 2 is 2.38 bits per heavy atom. The molecule has 2 rings (SSSR count). The normalized spacial score (nSPS) is 16.9. The third kappa shape index (κ3) is 2.54. The van der Waals surface area contributed by atoms with Crippen molar-refractivity contribution in [1.82, 2.24) is 10.2 Å². The summed E-state index contributed by atoms with van der Waals surface area (Å²) in [5, 5.41) is 5.15. The van der Waals surface area contributed by atoms with Crippen LogP contribution in [0.15, 0.2) is 11.4 Å². The van der Waals surface area contributed by atoms with Crippen LogP contribution in [0.4, 0.5) is 0 Å². The lowest BCUT2D eigenvalue weighted by atomic mass is 10.3. The summed E-state index contributed by atoms with van der Waals surface area (Å²) >= 11 is 1.45. The number of thiophene rings is 1. The fourth-order valence-electron chi connectivity index (χ4n) is 1.74. The van der Waals surface area contributed by atoms with E-state index in [1.165, 1.54) is 11.3 Å². The zero-order chi connectivity index (χ0) is 11.4. The molecule has 1 saturated heterocycles. The summed E-state index contributed by atoms with van der Waals surface area (Å²) in [5.41, 5.74) is 0. The maximum atomic E-state index is 12.1. The van der Waals surface area contributed by atoms with Gasteiger partial charge in [0.15, 0.2) is 0 Å². The number of nitrogens with zero attached hydrogens (tertiary/aromatic N) is 1. The fourth-order valence-corrected chi connectivity index (χ4v) is 2.56. The Balaban J connectivity index is 2.05. The molecule has 0 spiro atoms. The molecule has 1 amide bonds. The zero-order valence-electron chi connectivity index (χ0n) is 9.36. The van der Waals surface area contributed by atoms with Gasteiger partial charge < -0.3 is 15.0 Å². The van der Waals surface area contributed by atoms with Crippen LogP contribution in [0.2, 0.25) is 0 Å². The highest BCUT2D eigenvalue weighted by Gasteiger charge is 2.18. The van der Waals surface area contributed by atoms with Crippen LogP contribution in [0.25, 0.3) is 0 Å². The Hall–Kier alpha value is -1.07. The topological polar surface area (TPSA) is 41.6 Å². The molecule has 2 heterocycles. The highest BCUT2D eigenvalue weighted by Crippen LogP contribution is 2.22. The summed E-state index contributed by atoms with van der Waals surface area (Å²) in [4.78, 5) is 14.8. The molecule has 1 N–H and O–H groups in total. The number of carbonyl (C=O) groups is 1. The van der Waals surface area contributed by atoms with Gasteiger partial charge in [-0.15, -0.1) is 11.3 Å². The minimum absolute atomic E-state index is 0.122. The van der Waals surface area contributed by atoms with Gasteiger partial charge in [-0.05, 0) is 13.0 Å². The number of methoxy groups -OCH3 is 1. The fraction of sp³-hybridized carbons (Fsp3) is 0.545. The lowest BCUT2D eigenvalue weighted by molar-refractivity contribution is 0.0771. The molecular weight excluding hydrogens is 224 g/mol. The molecule has 5 heteroatoms. The molecular formula is C11H16N2O2S. The highest BCUT2D eigenvalue weighted by atomic mass is 32.1. The predicted molar refractivity (Wildman–Crippen MR) is 64.3 cm³/mol. The first-order chi connectivity index (χ1) is 7.81. The average Bonchev–Trinajstić information content (AvgIpc) is 2.62. The number of rotatable bonds is 2. The van der Waals surface area contributed by atoms with Crippen molar-refractivity contribution in [2.75, 3.05) is 33.3 Å². The predicted octanol–water partition coefficient (Wildman–Crippen LogP) is 1.19. The summed E-state index contributed by atoms with van der Waals surface area (Å²) in [6, 6.07) is 1.81. The monoisotopic (exact) mass is 240 g/mol. The highest BCUT2D eigenvalue weighted by molar-refractivity contribution is 7.12. The van der Waals surface area contributed by atoms with Crippen LogP contribution in [0.3, 0.4) is 0 Å². The number of amides is 1. The van der Waals surface area contributed by atoms with Gasteiger partial charge in [-0.25, -0.2) is 0 Å². The quantitative estimate of drug-likeness (QED) is 0.844. The van der Waals surface area contributed by atoms with E-state index in [2.05, 4.69) is 5.32 Å². The van der Waals surface area contributed by atoms with Crippen LogP contribution in [0.5, 0.6) is 5.75 Å². The molecule has 0 unspecified atom stereocenters. The molecule has 1 aliphatic heterocycles. The summed E-state index contributed by atoms with van der Waals surface area (Å²) < 4.78 is 5.08. The molecule has 1 aromatic heterocycles. The summed E-state index contributed by atoms with van der Waals surface area (Å²) in [6.07, 6.45) is 1.02. The molecule has 4 nitrogen and oxygen atoms in total. The molecule has 88 valence electrons. The first-order valence-corrected chi connectivity index (χ1v) is 6.32. The van der Waals surface area contributed by atoms with E-state index in [9.17, 15) is 4.79 Å². The minimum Gasteiger partial charge on any atom is -0.496 e. The van der Waals surface area contributed by atoms with E-state index in [4.69, 9.17) is 4.74 Å². The van der Waals surface area contributed by atoms with Crippen LogP contribution in [-0.4, -0.2) is 44.1 Å². The number of ether oxygens (including phenoxy) is 1. The lowest BCUT2D eigenvalue weighted by Gasteiger charge is -2.18. The zero-order valence-corrected chi connectivity index (χ0v) is 10.2. The second-order valence-electron chi connectivity index (χ2n) is 3.75. The molecule has 1 fully saturated rings. The molecule has 1 aromatic rings. The van der Waals surface area contributed by atoms with Gasteiger partial charge in [-0.2, -0.15) is 0 Å². The van der Waals surface area contributed by atoms with E-state index in [1.54, 1.807) is 7.11 Å². The van der Waals surface area contributed by atoms with Crippen molar-refractivity contribution in [2.45, 2.75) is 6.42 Å². The van der Waals surface area contributed by atoms with Crippen LogP contribution < -0.4 is 10.1 Å². The van der Waals surface area contributed by atoms with Gasteiger partial charge in [0, 0.05) is 31.1 Å². The Bertz CT molecular complexity index is 357. The largest absolute Gasteiger partial charge is 0.496 e. The van der Waals surface area contributed by atoms with Crippen LogP contribution >= 0.6 is 11.3 Å². The second kappa shape index (κ2) is 5.32. The van der Waals surface area contributed by atoms with E-state index < -0.39 is 0 Å².